The van der Waals surface area contributed by atoms with Gasteiger partial charge in [-0.2, -0.15) is 13.5 Å². The predicted octanol–water partition coefficient (Wildman–Crippen LogP) is 15.9. The second kappa shape index (κ2) is 34.0. The van der Waals surface area contributed by atoms with Crippen molar-refractivity contribution in [3.05, 3.63) is 379 Å². The van der Waals surface area contributed by atoms with Crippen molar-refractivity contribution >= 4 is 121 Å². The molecule has 4 N–H and O–H groups in total. The Kier molecular flexibility index (Phi) is 24.4. The Morgan fingerprint density at radius 2 is 0.737 bits per heavy atom. The molecule has 0 saturated carbocycles. The Labute approximate surface area is 688 Å². The van der Waals surface area contributed by atoms with Gasteiger partial charge in [-0.15, -0.1) is 0 Å². The van der Waals surface area contributed by atoms with E-state index in [1.54, 1.807) is 188 Å². The molecular formula is C84H69Cl6N15O8S. The summed E-state index contributed by atoms with van der Waals surface area (Å²) in [6.07, 6.45) is 16.0. The van der Waals surface area contributed by atoms with Gasteiger partial charge in [-0.3, -0.25) is 39.4 Å². The fourth-order valence-corrected chi connectivity index (χ4v) is 14.4. The van der Waals surface area contributed by atoms with Crippen LogP contribution in [-0.4, -0.2) is 84.5 Å². The number of pyridine rings is 7. The van der Waals surface area contributed by atoms with E-state index in [1.165, 1.54) is 28.4 Å². The van der Waals surface area contributed by atoms with Gasteiger partial charge >= 0.3 is 0 Å². The number of imidazole rings is 3. The highest BCUT2D eigenvalue weighted by Gasteiger charge is 2.41. The highest BCUT2D eigenvalue weighted by Crippen LogP contribution is 2.43. The number of benzene rings is 6. The number of hydrogen-bond acceptors (Lipinski definition) is 16. The minimum atomic E-state index is -1.62. The Morgan fingerprint density at radius 3 is 1.04 bits per heavy atom. The molecule has 0 aliphatic carbocycles. The highest BCUT2D eigenvalue weighted by molar-refractivity contribution is 7.59. The monoisotopic (exact) mass is 1660 g/mol. The zero-order valence-corrected chi connectivity index (χ0v) is 67.2. The van der Waals surface area contributed by atoms with Crippen molar-refractivity contribution in [1.82, 2.24) is 62.3 Å². The maximum atomic E-state index is 12.7. The molecule has 0 aliphatic rings. The average molecular weight is 1660 g/mol. The second-order valence-corrected chi connectivity index (χ2v) is 29.0. The van der Waals surface area contributed by atoms with Crippen LogP contribution >= 0.6 is 83.1 Å². The van der Waals surface area contributed by atoms with Crippen molar-refractivity contribution in [2.24, 2.45) is 48.0 Å². The van der Waals surface area contributed by atoms with Crippen molar-refractivity contribution < 1.29 is 19.9 Å². The molecule has 3 atom stereocenters. The molecule has 30 heteroatoms. The fourth-order valence-electron chi connectivity index (χ4n) is 13.5. The maximum absolute atomic E-state index is 12.7. The van der Waals surface area contributed by atoms with Gasteiger partial charge in [0.25, 0.3) is 22.4 Å². The van der Waals surface area contributed by atoms with E-state index in [0.29, 0.717) is 103 Å². The van der Waals surface area contributed by atoms with Gasteiger partial charge in [0.2, 0.25) is 5.88 Å². The zero-order valence-electron chi connectivity index (χ0n) is 61.7. The molecule has 114 heavy (non-hydrogen) atoms. The third-order valence-electron chi connectivity index (χ3n) is 19.5. The van der Waals surface area contributed by atoms with E-state index in [1.807, 2.05) is 111 Å². The lowest BCUT2D eigenvalue weighted by Crippen LogP contribution is -2.41. The molecule has 0 radical (unpaired) electrons. The number of aliphatic hydroxyl groups is 2. The van der Waals surface area contributed by atoms with Gasteiger partial charge in [-0.1, -0.05) is 142 Å². The van der Waals surface area contributed by atoms with Crippen LogP contribution in [0.15, 0.2) is 271 Å². The van der Waals surface area contributed by atoms with E-state index >= 15 is 0 Å². The Hall–Kier alpha value is -11.7. The van der Waals surface area contributed by atoms with E-state index in [9.17, 15) is 34.7 Å². The summed E-state index contributed by atoms with van der Waals surface area (Å²) in [4.78, 5) is 78.1. The summed E-state index contributed by atoms with van der Waals surface area (Å²) >= 11 is 37.1. The number of fused-ring (bicyclic) bond motifs is 3. The molecular weight excluding hydrogens is 1590 g/mol. The van der Waals surface area contributed by atoms with Gasteiger partial charge < -0.3 is 48.1 Å². The largest absolute Gasteiger partial charge is 0.481 e. The summed E-state index contributed by atoms with van der Waals surface area (Å²) < 4.78 is 14.7. The predicted molar refractivity (Wildman–Crippen MR) is 452 cm³/mol. The van der Waals surface area contributed by atoms with Crippen molar-refractivity contribution in [2.75, 3.05) is 7.11 Å². The van der Waals surface area contributed by atoms with E-state index in [0.717, 1.165) is 55.9 Å². The lowest BCUT2D eigenvalue weighted by atomic mass is 9.83. The van der Waals surface area contributed by atoms with Gasteiger partial charge in [0.05, 0.1) is 119 Å². The normalized spacial score (nSPS) is 12.7. The van der Waals surface area contributed by atoms with Crippen LogP contribution in [0.2, 0.25) is 30.1 Å². The van der Waals surface area contributed by atoms with Crippen LogP contribution in [0.5, 0.6) is 5.88 Å². The molecule has 0 saturated heterocycles. The van der Waals surface area contributed by atoms with Crippen LogP contribution in [0.25, 0.3) is 66.1 Å². The van der Waals surface area contributed by atoms with E-state index < -0.39 is 21.7 Å². The number of aromatic nitrogens is 13. The minimum absolute atomic E-state index is 0. The van der Waals surface area contributed by atoms with Crippen molar-refractivity contribution in [3.8, 4) is 39.3 Å². The average Bonchev–Trinajstić information content (AvgIpc) is 1.02. The summed E-state index contributed by atoms with van der Waals surface area (Å²) in [5, 5.41) is 40.3. The number of halogens is 6. The molecule has 16 aromatic rings. The number of nitrogens with zero attached hydrogens (tertiary/aromatic N) is 14. The molecule has 10 heterocycles. The number of methoxy groups -OCH3 is 1. The molecule has 0 amide bonds. The van der Waals surface area contributed by atoms with Crippen LogP contribution in [0.4, 0.5) is 5.69 Å². The lowest BCUT2D eigenvalue weighted by molar-refractivity contribution is -0.385. The third kappa shape index (κ3) is 16.2. The van der Waals surface area contributed by atoms with Gasteiger partial charge in [0, 0.05) is 119 Å². The molecule has 0 aliphatic heterocycles. The van der Waals surface area contributed by atoms with Gasteiger partial charge in [0.1, 0.15) is 11.7 Å². The van der Waals surface area contributed by atoms with Crippen molar-refractivity contribution in [2.45, 2.75) is 16.7 Å². The number of nitro groups is 1. The van der Waals surface area contributed by atoms with E-state index in [-0.39, 0.29) is 35.9 Å². The summed E-state index contributed by atoms with van der Waals surface area (Å²) in [7, 11) is 12.1. The number of rotatable bonds is 14. The zero-order chi connectivity index (χ0) is 80.4. The first kappa shape index (κ1) is 81.8. The first-order valence-electron chi connectivity index (χ1n) is 34.5. The molecule has 0 fully saturated rings. The van der Waals surface area contributed by atoms with Gasteiger partial charge in [-0.25, -0.2) is 19.9 Å². The third-order valence-corrected chi connectivity index (χ3v) is 21.0. The van der Waals surface area contributed by atoms with Gasteiger partial charge in [0.15, 0.2) is 11.2 Å². The number of ether oxygens (including phenoxy) is 1. The smallest absolute Gasteiger partial charge is 0.287 e. The molecule has 1 unspecified atom stereocenters. The van der Waals surface area contributed by atoms with Gasteiger partial charge in [-0.05, 0) is 141 Å². The molecule has 10 aromatic heterocycles. The standard InChI is InChI=1S/C26H21Cl2N5O.2C26H20Cl2N4O2.C6H6N2O3.H2S/c1-32-15-30-14-24(32)26(29,17-6-8-18(27)9-7-17)23-11-21-20(16-4-3-5-19(28)10-16)12-25(34)33(2)22(21)13-31-23;2*1-31-15-29-14-24(31)26(34,17-6-8-18(27)9-7-17)23-11-21-20(16-4-3-5-19(28)10-16)12-25(33)32(2)22(21)13-30-23;1-11-6-3-2-5(4-7-6)8(9)10;/h3-15H,29H2,1-2H3;2*3-15,34H,1-2H3;2-4H,1H3;1H2/t2*26-;;;/m11.../s1. The van der Waals surface area contributed by atoms with E-state index in [2.05, 4.69) is 29.9 Å². The Morgan fingerprint density at radius 1 is 0.404 bits per heavy atom. The molecule has 0 spiro atoms. The number of nitrogens with two attached hydrogens (primary N) is 1. The minimum Gasteiger partial charge on any atom is -0.481 e. The van der Waals surface area contributed by atoms with Crippen LogP contribution in [0, 0.1) is 10.1 Å². The van der Waals surface area contributed by atoms with Crippen molar-refractivity contribution in [3.63, 3.8) is 0 Å². The molecule has 576 valence electrons. The summed E-state index contributed by atoms with van der Waals surface area (Å²) in [5.41, 5.74) is 14.0. The summed E-state index contributed by atoms with van der Waals surface area (Å²) in [6, 6.07) is 56.5. The first-order chi connectivity index (χ1) is 54.1. The van der Waals surface area contributed by atoms with E-state index in [4.69, 9.17) is 85.1 Å². The summed E-state index contributed by atoms with van der Waals surface area (Å²) in [5.74, 6) is 0.371. The van der Waals surface area contributed by atoms with Crippen LogP contribution < -0.4 is 27.1 Å². The van der Waals surface area contributed by atoms with Crippen molar-refractivity contribution in [1.29, 1.82) is 0 Å². The topological polar surface area (TPSA) is 290 Å². The quantitative estimate of drug-likeness (QED) is 0.0673. The molecule has 16 rings (SSSR count). The maximum Gasteiger partial charge on any atom is 0.287 e. The number of hydrogen-bond donors (Lipinski definition) is 3. The fraction of sp³-hybridized carbons (Fsp3) is 0.119. The molecule has 0 bridgehead atoms. The van der Waals surface area contributed by atoms with Crippen LogP contribution in [0.1, 0.15) is 50.9 Å². The Bertz CT molecular complexity index is 5910. The van der Waals surface area contributed by atoms with Crippen LogP contribution in [-0.2, 0) is 59.0 Å². The highest BCUT2D eigenvalue weighted by atomic mass is 35.5. The SMILES string of the molecule is COc1ccc([N+](=O)[O-])cn1.Cn1cncc1C(O)(c1ccc(Cl)cc1)c1cc2c(-c3cccc(Cl)c3)cc(=O)n(C)c2cn1.Cn1cncc1[C@@](N)(c1ccc(Cl)cc1)c1cc2c(-c3cccc(Cl)c3)cc(=O)n(C)c2cn1.Cn1cncc1[C@@](O)(c1ccc(Cl)cc1)c1cc2c(-c3cccc(Cl)c3)cc(=O)n(C)c2cn1.S. The Balaban J connectivity index is 0.000000147. The number of aryl methyl sites for hydroxylation is 6. The summed E-state index contributed by atoms with van der Waals surface area (Å²) in [6.45, 7) is 0. The first-order valence-corrected chi connectivity index (χ1v) is 36.7. The van der Waals surface area contributed by atoms with Crippen LogP contribution in [0.3, 0.4) is 0 Å². The second-order valence-electron chi connectivity index (χ2n) is 26.4. The lowest BCUT2D eigenvalue weighted by Gasteiger charge is -2.30. The molecule has 23 nitrogen and oxygen atoms in total. The molecule has 6 aromatic carbocycles.